The second kappa shape index (κ2) is 6.23. The minimum atomic E-state index is 0.123. The van der Waals surface area contributed by atoms with Crippen molar-refractivity contribution in [3.05, 3.63) is 35.6 Å². The summed E-state index contributed by atoms with van der Waals surface area (Å²) in [6.45, 7) is 11.6. The Labute approximate surface area is 93.0 Å². The van der Waals surface area contributed by atoms with Gasteiger partial charge in [0.15, 0.2) is 0 Å². The number of carbonyl (C=O) groups excluding carboxylic acids is 1. The van der Waals surface area contributed by atoms with Crippen molar-refractivity contribution in [1.82, 2.24) is 4.90 Å². The Morgan fingerprint density at radius 2 is 1.80 bits per heavy atom. The van der Waals surface area contributed by atoms with E-state index in [4.69, 9.17) is 0 Å². The van der Waals surface area contributed by atoms with E-state index >= 15 is 0 Å². The monoisotopic (exact) mass is 207 g/mol. The highest BCUT2D eigenvalue weighted by atomic mass is 16.2. The van der Waals surface area contributed by atoms with E-state index in [1.165, 1.54) is 0 Å². The highest BCUT2D eigenvalue weighted by Crippen LogP contribution is 2.12. The van der Waals surface area contributed by atoms with Crippen LogP contribution in [0.25, 0.3) is 0 Å². The fraction of sp³-hybridized carbons (Fsp3) is 0.462. The smallest absolute Gasteiger partial charge is 0.226 e. The molecule has 2 heteroatoms. The van der Waals surface area contributed by atoms with Crippen LogP contribution in [0.1, 0.15) is 34.1 Å². The first-order valence-electron chi connectivity index (χ1n) is 5.17. The third-order valence-electron chi connectivity index (χ3n) is 2.08. The average molecular weight is 207 g/mol. The number of likely N-dealkylation sites (N-methyl/N-ethyl adjacent to an activating group) is 1. The molecule has 0 unspecified atom stereocenters. The maximum Gasteiger partial charge on any atom is 0.226 e. The van der Waals surface area contributed by atoms with Gasteiger partial charge in [-0.3, -0.25) is 4.79 Å². The fourth-order valence-corrected chi connectivity index (χ4v) is 1.21. The molecule has 0 bridgehead atoms. The minimum absolute atomic E-state index is 0.123. The van der Waals surface area contributed by atoms with Crippen LogP contribution in [0, 0.1) is 0 Å². The predicted octanol–water partition coefficient (Wildman–Crippen LogP) is 3.28. The van der Waals surface area contributed by atoms with Gasteiger partial charge < -0.3 is 4.90 Å². The van der Waals surface area contributed by atoms with Crippen LogP contribution >= 0.6 is 0 Å². The molecule has 0 N–H and O–H groups in total. The Balaban J connectivity index is 4.94. The van der Waals surface area contributed by atoms with E-state index in [-0.39, 0.29) is 5.91 Å². The molecule has 1 amide bonds. The van der Waals surface area contributed by atoms with Crippen molar-refractivity contribution in [3.63, 3.8) is 0 Å². The molecule has 84 valence electrons. The summed E-state index contributed by atoms with van der Waals surface area (Å²) in [5.41, 5.74) is 3.05. The zero-order chi connectivity index (χ0) is 12.0. The maximum absolute atomic E-state index is 11.5. The molecule has 2 nitrogen and oxygen atoms in total. The van der Waals surface area contributed by atoms with Gasteiger partial charge >= 0.3 is 0 Å². The van der Waals surface area contributed by atoms with Gasteiger partial charge in [0.05, 0.1) is 0 Å². The van der Waals surface area contributed by atoms with Gasteiger partial charge in [0, 0.05) is 19.2 Å². The second-order valence-electron chi connectivity index (χ2n) is 3.87. The summed E-state index contributed by atoms with van der Waals surface area (Å²) in [5.74, 6) is 0.123. The van der Waals surface area contributed by atoms with Crippen LogP contribution in [0.3, 0.4) is 0 Å². The lowest BCUT2D eigenvalue weighted by Gasteiger charge is -2.19. The summed E-state index contributed by atoms with van der Waals surface area (Å²) in [5, 5.41) is 0. The zero-order valence-electron chi connectivity index (χ0n) is 10.4. The number of allylic oxidation sites excluding steroid dienone is 4. The van der Waals surface area contributed by atoms with Gasteiger partial charge in [-0.1, -0.05) is 30.7 Å². The number of nitrogens with zero attached hydrogens (tertiary/aromatic N) is 1. The van der Waals surface area contributed by atoms with E-state index in [1.54, 1.807) is 11.9 Å². The molecule has 0 aliphatic heterocycles. The largest absolute Gasteiger partial charge is 0.316 e. The first-order chi connectivity index (χ1) is 6.90. The third kappa shape index (κ3) is 4.63. The van der Waals surface area contributed by atoms with Crippen LogP contribution in [0.2, 0.25) is 0 Å². The lowest BCUT2D eigenvalue weighted by molar-refractivity contribution is -0.127. The molecule has 0 heterocycles. The van der Waals surface area contributed by atoms with Gasteiger partial charge in [-0.2, -0.15) is 0 Å². The number of hydrogen-bond donors (Lipinski definition) is 0. The fourth-order valence-electron chi connectivity index (χ4n) is 1.21. The summed E-state index contributed by atoms with van der Waals surface area (Å²) >= 11 is 0. The normalized spacial score (nSPS) is 10.2. The molecule has 0 aliphatic rings. The molecule has 0 fully saturated rings. The highest BCUT2D eigenvalue weighted by molar-refractivity contribution is 5.78. The molecule has 0 saturated heterocycles. The Bertz CT molecular complexity index is 306. The quantitative estimate of drug-likeness (QED) is 0.648. The first kappa shape index (κ1) is 13.7. The van der Waals surface area contributed by atoms with Crippen molar-refractivity contribution in [2.24, 2.45) is 0 Å². The Hall–Kier alpha value is -1.31. The van der Waals surface area contributed by atoms with Gasteiger partial charge in [-0.05, 0) is 26.8 Å². The second-order valence-corrected chi connectivity index (χ2v) is 3.87. The van der Waals surface area contributed by atoms with E-state index in [1.807, 2.05) is 39.8 Å². The summed E-state index contributed by atoms with van der Waals surface area (Å²) in [7, 11) is 1.80. The molecular weight excluding hydrogens is 186 g/mol. The molecular formula is C13H21NO. The predicted molar refractivity (Wildman–Crippen MR) is 65.4 cm³/mol. The molecule has 0 atom stereocenters. The summed E-state index contributed by atoms with van der Waals surface area (Å²) in [6, 6.07) is 0. The van der Waals surface area contributed by atoms with Gasteiger partial charge in [0.25, 0.3) is 0 Å². The Morgan fingerprint density at radius 3 is 2.13 bits per heavy atom. The lowest BCUT2D eigenvalue weighted by Crippen LogP contribution is -2.25. The van der Waals surface area contributed by atoms with Gasteiger partial charge in [0.1, 0.15) is 0 Å². The van der Waals surface area contributed by atoms with Gasteiger partial charge in [-0.25, -0.2) is 0 Å². The number of amides is 1. The van der Waals surface area contributed by atoms with Crippen LogP contribution in [0.4, 0.5) is 0 Å². The molecule has 15 heavy (non-hydrogen) atoms. The molecule has 0 saturated carbocycles. The lowest BCUT2D eigenvalue weighted by atomic mass is 10.2. The molecule has 0 radical (unpaired) electrons. The van der Waals surface area contributed by atoms with Crippen molar-refractivity contribution in [3.8, 4) is 0 Å². The molecule has 0 aliphatic carbocycles. The first-order valence-corrected chi connectivity index (χ1v) is 5.17. The molecule has 0 aromatic rings. The van der Waals surface area contributed by atoms with Crippen LogP contribution in [0.5, 0.6) is 0 Å². The van der Waals surface area contributed by atoms with Crippen molar-refractivity contribution < 1.29 is 4.79 Å². The summed E-state index contributed by atoms with van der Waals surface area (Å²) in [6.07, 6.45) is 4.38. The summed E-state index contributed by atoms with van der Waals surface area (Å²) < 4.78 is 0. The standard InChI is InChI=1S/C13H21NO/c1-7-13(15)14(6)12(11(4)5)9-8-10(2)3/h8-9H,2,7H2,1,3-6H3/b9-8-. The molecule has 0 spiro atoms. The minimum Gasteiger partial charge on any atom is -0.316 e. The molecule has 0 aromatic carbocycles. The van der Waals surface area contributed by atoms with Crippen molar-refractivity contribution in [1.29, 1.82) is 0 Å². The van der Waals surface area contributed by atoms with Gasteiger partial charge in [-0.15, -0.1) is 0 Å². The maximum atomic E-state index is 11.5. The summed E-state index contributed by atoms with van der Waals surface area (Å²) in [4.78, 5) is 13.2. The van der Waals surface area contributed by atoms with E-state index in [2.05, 4.69) is 6.58 Å². The van der Waals surface area contributed by atoms with E-state index in [0.717, 1.165) is 16.8 Å². The van der Waals surface area contributed by atoms with E-state index in [0.29, 0.717) is 6.42 Å². The molecule has 0 aromatic heterocycles. The van der Waals surface area contributed by atoms with Crippen LogP contribution < -0.4 is 0 Å². The number of carbonyl (C=O) groups is 1. The Kier molecular flexibility index (Phi) is 5.68. The van der Waals surface area contributed by atoms with E-state index in [9.17, 15) is 4.79 Å². The molecule has 0 rings (SSSR count). The van der Waals surface area contributed by atoms with Crippen LogP contribution in [-0.2, 0) is 4.79 Å². The number of hydrogen-bond acceptors (Lipinski definition) is 1. The number of rotatable bonds is 4. The van der Waals surface area contributed by atoms with Gasteiger partial charge in [0.2, 0.25) is 5.91 Å². The zero-order valence-corrected chi connectivity index (χ0v) is 10.4. The van der Waals surface area contributed by atoms with Crippen molar-refractivity contribution in [2.45, 2.75) is 34.1 Å². The Morgan fingerprint density at radius 1 is 1.27 bits per heavy atom. The average Bonchev–Trinajstić information content (AvgIpc) is 2.15. The third-order valence-corrected chi connectivity index (χ3v) is 2.08. The SMILES string of the molecule is C=C(C)/C=C\C(=C(C)C)N(C)C(=O)CC. The van der Waals surface area contributed by atoms with E-state index < -0.39 is 0 Å². The van der Waals surface area contributed by atoms with Crippen molar-refractivity contribution in [2.75, 3.05) is 7.05 Å². The van der Waals surface area contributed by atoms with Crippen molar-refractivity contribution >= 4 is 5.91 Å². The van der Waals surface area contributed by atoms with Crippen LogP contribution in [0.15, 0.2) is 35.6 Å². The topological polar surface area (TPSA) is 20.3 Å². The highest BCUT2D eigenvalue weighted by Gasteiger charge is 2.09. The van der Waals surface area contributed by atoms with Crippen LogP contribution in [-0.4, -0.2) is 17.9 Å².